The van der Waals surface area contributed by atoms with Gasteiger partial charge in [-0.05, 0) is 77.9 Å². The number of esters is 1. The minimum atomic E-state index is -0.433. The van der Waals surface area contributed by atoms with E-state index < -0.39 is 6.04 Å². The molecule has 1 N–H and O–H groups in total. The molecular weight excluding hydrogens is 544 g/mol. The van der Waals surface area contributed by atoms with Crippen LogP contribution in [0.2, 0.25) is 0 Å². The van der Waals surface area contributed by atoms with Gasteiger partial charge in [-0.25, -0.2) is 4.79 Å². The third-order valence-corrected chi connectivity index (χ3v) is 8.35. The van der Waals surface area contributed by atoms with E-state index >= 15 is 0 Å². The zero-order valence-electron chi connectivity index (χ0n) is 24.6. The lowest BCUT2D eigenvalue weighted by atomic mass is 9.88. The molecule has 1 aliphatic heterocycles. The van der Waals surface area contributed by atoms with E-state index in [2.05, 4.69) is 22.3 Å². The topological polar surface area (TPSA) is 58.6 Å². The molecular formula is C39H36N2O3. The van der Waals surface area contributed by atoms with Gasteiger partial charge in [0.2, 0.25) is 0 Å². The molecule has 0 aliphatic carbocycles. The number of likely N-dealkylation sites (tertiary alicyclic amines) is 1. The van der Waals surface area contributed by atoms with Crippen molar-refractivity contribution in [2.24, 2.45) is 0 Å². The fraction of sp³-hybridized carbons (Fsp3) is 0.179. The largest absolute Gasteiger partial charge is 0.459 e. The SMILES string of the molecule is O=C(Nc1ccc(C2CCN(C(C(=O)OCc3ccccc3)c3ccccc3)CC2)cc1)c1ccccc1-c1ccccc1. The number of ether oxygens (including phenoxy) is 1. The van der Waals surface area contributed by atoms with Gasteiger partial charge in [-0.3, -0.25) is 9.69 Å². The Balaban J connectivity index is 1.09. The molecule has 1 atom stereocenters. The Morgan fingerprint density at radius 3 is 1.98 bits per heavy atom. The summed E-state index contributed by atoms with van der Waals surface area (Å²) in [6, 6.07) is 45.1. The molecule has 5 aromatic carbocycles. The molecule has 5 aromatic rings. The van der Waals surface area contributed by atoms with Crippen LogP contribution in [0.25, 0.3) is 11.1 Å². The molecule has 6 rings (SSSR count). The van der Waals surface area contributed by atoms with Gasteiger partial charge in [0, 0.05) is 11.3 Å². The predicted octanol–water partition coefficient (Wildman–Crippen LogP) is 8.27. The van der Waals surface area contributed by atoms with Crippen LogP contribution in [-0.4, -0.2) is 29.9 Å². The Labute approximate surface area is 259 Å². The number of benzene rings is 5. The van der Waals surface area contributed by atoms with Crippen LogP contribution in [0.3, 0.4) is 0 Å². The van der Waals surface area contributed by atoms with Crippen molar-refractivity contribution in [2.45, 2.75) is 31.4 Å². The van der Waals surface area contributed by atoms with Gasteiger partial charge >= 0.3 is 5.97 Å². The minimum absolute atomic E-state index is 0.128. The molecule has 220 valence electrons. The monoisotopic (exact) mass is 580 g/mol. The maximum atomic E-state index is 13.4. The highest BCUT2D eigenvalue weighted by Gasteiger charge is 2.32. The second-order valence-corrected chi connectivity index (χ2v) is 11.2. The number of hydrogen-bond acceptors (Lipinski definition) is 4. The molecule has 1 fully saturated rings. The van der Waals surface area contributed by atoms with Gasteiger partial charge in [0.15, 0.2) is 0 Å². The highest BCUT2D eigenvalue weighted by atomic mass is 16.5. The number of carbonyl (C=O) groups excluding carboxylic acids is 2. The van der Waals surface area contributed by atoms with E-state index in [0.29, 0.717) is 11.5 Å². The first-order valence-electron chi connectivity index (χ1n) is 15.2. The lowest BCUT2D eigenvalue weighted by Gasteiger charge is -2.36. The summed E-state index contributed by atoms with van der Waals surface area (Å²) in [5.74, 6) is 0.0376. The fourth-order valence-electron chi connectivity index (χ4n) is 6.02. The second kappa shape index (κ2) is 14.0. The zero-order chi connectivity index (χ0) is 30.1. The van der Waals surface area contributed by atoms with E-state index in [4.69, 9.17) is 4.74 Å². The summed E-state index contributed by atoms with van der Waals surface area (Å²) in [7, 11) is 0. The Kier molecular flexibility index (Phi) is 9.24. The van der Waals surface area contributed by atoms with Crippen LogP contribution in [0, 0.1) is 0 Å². The summed E-state index contributed by atoms with van der Waals surface area (Å²) >= 11 is 0. The normalized spacial score (nSPS) is 14.5. The number of carbonyl (C=O) groups is 2. The molecule has 0 spiro atoms. The van der Waals surface area contributed by atoms with Crippen molar-refractivity contribution >= 4 is 17.6 Å². The van der Waals surface area contributed by atoms with Crippen LogP contribution in [0.4, 0.5) is 5.69 Å². The molecule has 0 radical (unpaired) electrons. The molecule has 5 heteroatoms. The predicted molar refractivity (Wildman–Crippen MR) is 175 cm³/mol. The quantitative estimate of drug-likeness (QED) is 0.178. The standard InChI is InChI=1S/C39H36N2O3/c42-38(36-19-11-10-18-35(36)32-14-6-2-7-15-32)40-34-22-20-30(21-23-34)31-24-26-41(27-25-31)37(33-16-8-3-9-17-33)39(43)44-28-29-12-4-1-5-13-29/h1-23,31,37H,24-28H2,(H,40,42). The summed E-state index contributed by atoms with van der Waals surface area (Å²) in [4.78, 5) is 28.9. The summed E-state index contributed by atoms with van der Waals surface area (Å²) in [6.45, 7) is 1.85. The molecule has 1 unspecified atom stereocenters. The van der Waals surface area contributed by atoms with Crippen molar-refractivity contribution < 1.29 is 14.3 Å². The van der Waals surface area contributed by atoms with Gasteiger partial charge in [0.05, 0.1) is 0 Å². The minimum Gasteiger partial charge on any atom is -0.459 e. The molecule has 0 aromatic heterocycles. The van der Waals surface area contributed by atoms with E-state index in [0.717, 1.165) is 53.9 Å². The lowest BCUT2D eigenvalue weighted by molar-refractivity contribution is -0.152. The number of rotatable bonds is 9. The Morgan fingerprint density at radius 1 is 0.705 bits per heavy atom. The van der Waals surface area contributed by atoms with Crippen LogP contribution in [0.15, 0.2) is 140 Å². The Morgan fingerprint density at radius 2 is 1.30 bits per heavy atom. The van der Waals surface area contributed by atoms with Crippen molar-refractivity contribution in [1.82, 2.24) is 4.90 Å². The van der Waals surface area contributed by atoms with Gasteiger partial charge in [0.1, 0.15) is 12.6 Å². The van der Waals surface area contributed by atoms with E-state index in [1.807, 2.05) is 127 Å². The molecule has 0 bridgehead atoms. The summed E-state index contributed by atoms with van der Waals surface area (Å²) < 4.78 is 5.80. The van der Waals surface area contributed by atoms with Crippen LogP contribution < -0.4 is 5.32 Å². The number of anilines is 1. The summed E-state index contributed by atoms with van der Waals surface area (Å²) in [5.41, 5.74) is 6.51. The maximum absolute atomic E-state index is 13.4. The van der Waals surface area contributed by atoms with Gasteiger partial charge in [-0.15, -0.1) is 0 Å². The first kappa shape index (κ1) is 29.1. The van der Waals surface area contributed by atoms with Gasteiger partial charge in [0.25, 0.3) is 5.91 Å². The van der Waals surface area contributed by atoms with Crippen molar-refractivity contribution in [1.29, 1.82) is 0 Å². The fourth-order valence-corrected chi connectivity index (χ4v) is 6.02. The molecule has 5 nitrogen and oxygen atoms in total. The van der Waals surface area contributed by atoms with Crippen LogP contribution in [0.1, 0.15) is 51.8 Å². The highest BCUT2D eigenvalue weighted by molar-refractivity contribution is 6.08. The maximum Gasteiger partial charge on any atom is 0.328 e. The Bertz CT molecular complexity index is 1660. The first-order chi connectivity index (χ1) is 21.7. The molecule has 1 aliphatic rings. The smallest absolute Gasteiger partial charge is 0.328 e. The van der Waals surface area contributed by atoms with Gasteiger partial charge < -0.3 is 10.1 Å². The van der Waals surface area contributed by atoms with Crippen LogP contribution >= 0.6 is 0 Å². The first-order valence-corrected chi connectivity index (χ1v) is 15.2. The van der Waals surface area contributed by atoms with E-state index in [-0.39, 0.29) is 18.5 Å². The zero-order valence-corrected chi connectivity index (χ0v) is 24.6. The van der Waals surface area contributed by atoms with Crippen molar-refractivity contribution in [3.05, 3.63) is 162 Å². The number of hydrogen-bond donors (Lipinski definition) is 1. The molecule has 1 saturated heterocycles. The Hall–Kier alpha value is -5.00. The number of piperidine rings is 1. The van der Waals surface area contributed by atoms with Crippen LogP contribution in [0.5, 0.6) is 0 Å². The van der Waals surface area contributed by atoms with Gasteiger partial charge in [-0.1, -0.05) is 121 Å². The van der Waals surface area contributed by atoms with E-state index in [9.17, 15) is 9.59 Å². The van der Waals surface area contributed by atoms with Crippen molar-refractivity contribution in [3.63, 3.8) is 0 Å². The molecule has 0 saturated carbocycles. The number of amides is 1. The van der Waals surface area contributed by atoms with E-state index in [1.54, 1.807) is 0 Å². The van der Waals surface area contributed by atoms with E-state index in [1.165, 1.54) is 5.56 Å². The van der Waals surface area contributed by atoms with Crippen LogP contribution in [-0.2, 0) is 16.1 Å². The summed E-state index contributed by atoms with van der Waals surface area (Å²) in [6.07, 6.45) is 1.87. The third kappa shape index (κ3) is 6.96. The highest BCUT2D eigenvalue weighted by Crippen LogP contribution is 2.34. The second-order valence-electron chi connectivity index (χ2n) is 11.2. The van der Waals surface area contributed by atoms with Crippen molar-refractivity contribution in [3.8, 4) is 11.1 Å². The molecule has 1 amide bonds. The number of nitrogens with zero attached hydrogens (tertiary/aromatic N) is 1. The summed E-state index contributed by atoms with van der Waals surface area (Å²) in [5, 5.41) is 3.08. The average molecular weight is 581 g/mol. The third-order valence-electron chi connectivity index (χ3n) is 8.35. The number of nitrogens with one attached hydrogen (secondary N) is 1. The van der Waals surface area contributed by atoms with Crippen molar-refractivity contribution in [2.75, 3.05) is 18.4 Å². The molecule has 1 heterocycles. The van der Waals surface area contributed by atoms with Gasteiger partial charge in [-0.2, -0.15) is 0 Å². The lowest BCUT2D eigenvalue weighted by Crippen LogP contribution is -2.40. The average Bonchev–Trinajstić information content (AvgIpc) is 3.09. The molecule has 44 heavy (non-hydrogen) atoms.